The fourth-order valence-electron chi connectivity index (χ4n) is 2.09. The Hall–Kier alpha value is -2.31. The maximum absolute atomic E-state index is 6.17. The summed E-state index contributed by atoms with van der Waals surface area (Å²) in [5, 5.41) is 7.12. The molecule has 122 valence electrons. The van der Waals surface area contributed by atoms with Gasteiger partial charge in [0.25, 0.3) is 0 Å². The van der Waals surface area contributed by atoms with Crippen molar-refractivity contribution in [3.63, 3.8) is 0 Å². The van der Waals surface area contributed by atoms with E-state index in [0.29, 0.717) is 28.9 Å². The summed E-state index contributed by atoms with van der Waals surface area (Å²) >= 11 is 9.30. The van der Waals surface area contributed by atoms with Crippen molar-refractivity contribution in [3.8, 4) is 0 Å². The van der Waals surface area contributed by atoms with Gasteiger partial charge in [0.05, 0.1) is 0 Å². The Morgan fingerprint density at radius 2 is 1.62 bits per heavy atom. The van der Waals surface area contributed by atoms with Gasteiger partial charge in [-0.1, -0.05) is 39.7 Å². The Kier molecular flexibility index (Phi) is 5.17. The van der Waals surface area contributed by atoms with E-state index >= 15 is 0 Å². The van der Waals surface area contributed by atoms with Crippen molar-refractivity contribution in [3.05, 3.63) is 69.9 Å². The largest absolute Gasteiger partial charge is 0.393 e. The van der Waals surface area contributed by atoms with Crippen LogP contribution >= 0.6 is 27.5 Å². The van der Waals surface area contributed by atoms with Gasteiger partial charge in [-0.05, 0) is 42.0 Å². The highest BCUT2D eigenvalue weighted by molar-refractivity contribution is 9.10. The number of hydrogen-bond donors (Lipinski definition) is 3. The Balaban J connectivity index is 1.72. The zero-order valence-corrected chi connectivity index (χ0v) is 15.0. The topological polar surface area (TPSA) is 75.9 Å². The summed E-state index contributed by atoms with van der Waals surface area (Å²) in [6, 6.07) is 15.4. The van der Waals surface area contributed by atoms with E-state index in [1.165, 1.54) is 6.33 Å². The molecular weight excluding hydrogens is 390 g/mol. The molecule has 0 amide bonds. The molecule has 24 heavy (non-hydrogen) atoms. The van der Waals surface area contributed by atoms with Crippen molar-refractivity contribution in [2.75, 3.05) is 16.4 Å². The molecule has 7 heteroatoms. The first-order valence-corrected chi connectivity index (χ1v) is 8.40. The van der Waals surface area contributed by atoms with Gasteiger partial charge in [0.1, 0.15) is 12.0 Å². The summed E-state index contributed by atoms with van der Waals surface area (Å²) in [6.45, 7) is 0.593. The third kappa shape index (κ3) is 4.15. The summed E-state index contributed by atoms with van der Waals surface area (Å²) in [7, 11) is 0. The van der Waals surface area contributed by atoms with E-state index in [2.05, 4.69) is 36.5 Å². The molecule has 0 aliphatic carbocycles. The van der Waals surface area contributed by atoms with Gasteiger partial charge in [0.15, 0.2) is 11.6 Å². The van der Waals surface area contributed by atoms with Crippen LogP contribution in [0.1, 0.15) is 5.56 Å². The molecule has 0 unspecified atom stereocenters. The molecule has 4 N–H and O–H groups in total. The van der Waals surface area contributed by atoms with E-state index in [0.717, 1.165) is 15.7 Å². The van der Waals surface area contributed by atoms with Gasteiger partial charge in [0, 0.05) is 21.7 Å². The number of benzene rings is 2. The Labute approximate surface area is 153 Å². The van der Waals surface area contributed by atoms with Crippen LogP contribution in [0, 0.1) is 0 Å². The smallest absolute Gasteiger partial charge is 0.159 e. The molecule has 1 aromatic heterocycles. The maximum atomic E-state index is 6.17. The Bertz CT molecular complexity index is 821. The number of rotatable bonds is 5. The van der Waals surface area contributed by atoms with Crippen molar-refractivity contribution in [2.24, 2.45) is 0 Å². The Morgan fingerprint density at radius 3 is 2.33 bits per heavy atom. The molecule has 1 heterocycles. The first kappa shape index (κ1) is 16.5. The van der Waals surface area contributed by atoms with Crippen LogP contribution in [0.5, 0.6) is 0 Å². The number of hydrogen-bond acceptors (Lipinski definition) is 5. The first-order valence-electron chi connectivity index (χ1n) is 7.23. The van der Waals surface area contributed by atoms with E-state index in [1.54, 1.807) is 0 Å². The zero-order chi connectivity index (χ0) is 16.9. The standard InChI is InChI=1S/C17H15BrClN5/c18-12-3-7-14(8-4-12)24-17-15(20)16(22-10-23-17)21-9-11-1-5-13(19)6-2-11/h1-8,10H,9,20H2,(H2,21,22,23,24). The van der Waals surface area contributed by atoms with Crippen molar-refractivity contribution >= 4 is 50.5 Å². The second-order valence-corrected chi connectivity index (χ2v) is 6.45. The van der Waals surface area contributed by atoms with Crippen LogP contribution in [-0.4, -0.2) is 9.97 Å². The minimum absolute atomic E-state index is 0.467. The molecular formula is C17H15BrClN5. The lowest BCUT2D eigenvalue weighted by molar-refractivity contribution is 1.09. The summed E-state index contributed by atoms with van der Waals surface area (Å²) < 4.78 is 1.01. The van der Waals surface area contributed by atoms with Crippen LogP contribution in [0.3, 0.4) is 0 Å². The monoisotopic (exact) mass is 403 g/mol. The minimum Gasteiger partial charge on any atom is -0.393 e. The highest BCUT2D eigenvalue weighted by Gasteiger charge is 2.08. The molecule has 0 saturated heterocycles. The average molecular weight is 405 g/mol. The maximum Gasteiger partial charge on any atom is 0.159 e. The highest BCUT2D eigenvalue weighted by Crippen LogP contribution is 2.26. The molecule has 0 fully saturated rings. The first-order chi connectivity index (χ1) is 11.6. The van der Waals surface area contributed by atoms with Gasteiger partial charge in [0.2, 0.25) is 0 Å². The number of anilines is 4. The van der Waals surface area contributed by atoms with Gasteiger partial charge in [-0.25, -0.2) is 9.97 Å². The quantitative estimate of drug-likeness (QED) is 0.568. The molecule has 3 aromatic rings. The minimum atomic E-state index is 0.467. The van der Waals surface area contributed by atoms with Crippen LogP contribution in [0.2, 0.25) is 5.02 Å². The average Bonchev–Trinajstić information content (AvgIpc) is 2.59. The molecule has 3 rings (SSSR count). The van der Waals surface area contributed by atoms with Gasteiger partial charge < -0.3 is 16.4 Å². The van der Waals surface area contributed by atoms with E-state index in [9.17, 15) is 0 Å². The normalized spacial score (nSPS) is 10.4. The van der Waals surface area contributed by atoms with E-state index in [4.69, 9.17) is 17.3 Å². The molecule has 0 atom stereocenters. The van der Waals surface area contributed by atoms with E-state index < -0.39 is 0 Å². The lowest BCUT2D eigenvalue weighted by Crippen LogP contribution is -2.08. The molecule has 0 saturated carbocycles. The van der Waals surface area contributed by atoms with Gasteiger partial charge in [-0.3, -0.25) is 0 Å². The fourth-order valence-corrected chi connectivity index (χ4v) is 2.48. The van der Waals surface area contributed by atoms with E-state index in [1.807, 2.05) is 48.5 Å². The fraction of sp³-hybridized carbons (Fsp3) is 0.0588. The predicted octanol–water partition coefficient (Wildman–Crippen LogP) is 4.83. The lowest BCUT2D eigenvalue weighted by Gasteiger charge is -2.12. The van der Waals surface area contributed by atoms with Crippen LogP contribution < -0.4 is 16.4 Å². The number of halogens is 2. The van der Waals surface area contributed by atoms with Gasteiger partial charge >= 0.3 is 0 Å². The summed E-state index contributed by atoms with van der Waals surface area (Å²) in [6.07, 6.45) is 1.47. The second-order valence-electron chi connectivity index (χ2n) is 5.10. The zero-order valence-electron chi connectivity index (χ0n) is 12.6. The number of nitrogens with one attached hydrogen (secondary N) is 2. The van der Waals surface area contributed by atoms with Crippen LogP contribution in [0.4, 0.5) is 23.0 Å². The van der Waals surface area contributed by atoms with Crippen LogP contribution in [-0.2, 0) is 6.54 Å². The lowest BCUT2D eigenvalue weighted by atomic mass is 10.2. The SMILES string of the molecule is Nc1c(NCc2ccc(Cl)cc2)ncnc1Nc1ccc(Br)cc1. The van der Waals surface area contributed by atoms with Gasteiger partial charge in [-0.2, -0.15) is 0 Å². The predicted molar refractivity (Wildman–Crippen MR) is 103 cm³/mol. The van der Waals surface area contributed by atoms with Crippen LogP contribution in [0.15, 0.2) is 59.3 Å². The molecule has 0 aliphatic rings. The molecule has 0 spiro atoms. The van der Waals surface area contributed by atoms with Crippen molar-refractivity contribution in [1.29, 1.82) is 0 Å². The van der Waals surface area contributed by atoms with Crippen LogP contribution in [0.25, 0.3) is 0 Å². The molecule has 2 aromatic carbocycles. The van der Waals surface area contributed by atoms with Gasteiger partial charge in [-0.15, -0.1) is 0 Å². The molecule has 5 nitrogen and oxygen atoms in total. The number of nitrogen functional groups attached to an aromatic ring is 1. The van der Waals surface area contributed by atoms with Crippen molar-refractivity contribution in [2.45, 2.75) is 6.54 Å². The number of nitrogens with two attached hydrogens (primary N) is 1. The second kappa shape index (κ2) is 7.51. The third-order valence-electron chi connectivity index (χ3n) is 3.36. The summed E-state index contributed by atoms with van der Waals surface area (Å²) in [5.74, 6) is 1.14. The molecule has 0 aliphatic heterocycles. The summed E-state index contributed by atoms with van der Waals surface area (Å²) in [5.41, 5.74) is 8.61. The molecule has 0 radical (unpaired) electrons. The molecule has 0 bridgehead atoms. The summed E-state index contributed by atoms with van der Waals surface area (Å²) in [4.78, 5) is 8.41. The Morgan fingerprint density at radius 1 is 0.958 bits per heavy atom. The van der Waals surface area contributed by atoms with Crippen molar-refractivity contribution < 1.29 is 0 Å². The number of nitrogens with zero attached hydrogens (tertiary/aromatic N) is 2. The number of aromatic nitrogens is 2. The third-order valence-corrected chi connectivity index (χ3v) is 4.14. The van der Waals surface area contributed by atoms with Crippen molar-refractivity contribution in [1.82, 2.24) is 9.97 Å². The van der Waals surface area contributed by atoms with E-state index in [-0.39, 0.29) is 0 Å². The highest BCUT2D eigenvalue weighted by atomic mass is 79.9.